The van der Waals surface area contributed by atoms with Crippen LogP contribution in [-0.4, -0.2) is 50.0 Å². The first kappa shape index (κ1) is 21.8. The van der Waals surface area contributed by atoms with Crippen molar-refractivity contribution in [3.63, 3.8) is 0 Å². The van der Waals surface area contributed by atoms with Crippen LogP contribution in [0.2, 0.25) is 0 Å². The third-order valence-corrected chi connectivity index (χ3v) is 5.41. The molecule has 1 heterocycles. The van der Waals surface area contributed by atoms with Crippen molar-refractivity contribution in [3.8, 4) is 5.75 Å². The minimum absolute atomic E-state index is 0.170. The Kier molecular flexibility index (Phi) is 8.27. The molecule has 1 aliphatic rings. The van der Waals surface area contributed by atoms with Crippen LogP contribution in [0.4, 0.5) is 5.69 Å². The van der Waals surface area contributed by atoms with Gasteiger partial charge in [-0.1, -0.05) is 25.0 Å². The first-order chi connectivity index (χ1) is 14.7. The van der Waals surface area contributed by atoms with Gasteiger partial charge in [-0.25, -0.2) is 0 Å². The molecule has 0 unspecified atom stereocenters. The van der Waals surface area contributed by atoms with Crippen molar-refractivity contribution in [3.05, 3.63) is 59.7 Å². The predicted molar refractivity (Wildman–Crippen MR) is 119 cm³/mol. The summed E-state index contributed by atoms with van der Waals surface area (Å²) in [5, 5.41) is 5.83. The van der Waals surface area contributed by atoms with Crippen LogP contribution in [-0.2, 0) is 0 Å². The summed E-state index contributed by atoms with van der Waals surface area (Å²) in [6.45, 7) is 3.95. The molecule has 1 fully saturated rings. The summed E-state index contributed by atoms with van der Waals surface area (Å²) in [5.74, 6) is 0.252. The third kappa shape index (κ3) is 6.32. The van der Waals surface area contributed by atoms with E-state index in [9.17, 15) is 9.59 Å². The molecular weight excluding hydrogens is 378 g/mol. The zero-order valence-electron chi connectivity index (χ0n) is 17.7. The zero-order valence-corrected chi connectivity index (χ0v) is 17.7. The van der Waals surface area contributed by atoms with Crippen LogP contribution in [0.1, 0.15) is 52.8 Å². The molecule has 0 atom stereocenters. The van der Waals surface area contributed by atoms with Crippen molar-refractivity contribution in [1.82, 2.24) is 10.2 Å². The van der Waals surface area contributed by atoms with Crippen molar-refractivity contribution in [1.29, 1.82) is 0 Å². The number of carbonyl (C=O) groups is 2. The second-order valence-electron chi connectivity index (χ2n) is 7.59. The van der Waals surface area contributed by atoms with Crippen LogP contribution < -0.4 is 15.4 Å². The number of para-hydroxylation sites is 1. The maximum absolute atomic E-state index is 12.7. The molecule has 160 valence electrons. The lowest BCUT2D eigenvalue weighted by Gasteiger charge is -2.19. The van der Waals surface area contributed by atoms with Crippen LogP contribution in [0.3, 0.4) is 0 Å². The minimum Gasteiger partial charge on any atom is -0.497 e. The highest BCUT2D eigenvalue weighted by Crippen LogP contribution is 2.18. The molecule has 2 aromatic rings. The van der Waals surface area contributed by atoms with E-state index in [0.717, 1.165) is 26.1 Å². The lowest BCUT2D eigenvalue weighted by Crippen LogP contribution is -2.31. The lowest BCUT2D eigenvalue weighted by molar-refractivity contribution is 0.0952. The second-order valence-corrected chi connectivity index (χ2v) is 7.59. The molecule has 0 aromatic heterocycles. The number of likely N-dealkylation sites (tertiary alicyclic amines) is 1. The number of rotatable bonds is 8. The van der Waals surface area contributed by atoms with E-state index in [2.05, 4.69) is 15.5 Å². The third-order valence-electron chi connectivity index (χ3n) is 5.41. The molecule has 6 heteroatoms. The molecule has 2 N–H and O–H groups in total. The Balaban J connectivity index is 1.53. The van der Waals surface area contributed by atoms with Crippen LogP contribution in [0, 0.1) is 0 Å². The van der Waals surface area contributed by atoms with Gasteiger partial charge in [-0.15, -0.1) is 0 Å². The molecule has 0 spiro atoms. The summed E-state index contributed by atoms with van der Waals surface area (Å²) in [5.41, 5.74) is 1.47. The molecule has 0 bridgehead atoms. The molecule has 1 aliphatic heterocycles. The SMILES string of the molecule is COc1ccc(C(=O)Nc2ccccc2C(=O)NCCCN2CCCCCC2)cc1. The van der Waals surface area contributed by atoms with E-state index >= 15 is 0 Å². The number of benzene rings is 2. The maximum Gasteiger partial charge on any atom is 0.255 e. The van der Waals surface area contributed by atoms with Crippen LogP contribution >= 0.6 is 0 Å². The number of amides is 2. The van der Waals surface area contributed by atoms with Crippen LogP contribution in [0.15, 0.2) is 48.5 Å². The van der Waals surface area contributed by atoms with Crippen molar-refractivity contribution < 1.29 is 14.3 Å². The second kappa shape index (κ2) is 11.4. The van der Waals surface area contributed by atoms with Crippen molar-refractivity contribution in [2.24, 2.45) is 0 Å². The van der Waals surface area contributed by atoms with E-state index in [1.165, 1.54) is 25.7 Å². The first-order valence-corrected chi connectivity index (χ1v) is 10.7. The number of carbonyl (C=O) groups excluding carboxylic acids is 2. The zero-order chi connectivity index (χ0) is 21.2. The molecule has 3 rings (SSSR count). The maximum atomic E-state index is 12.7. The van der Waals surface area contributed by atoms with Gasteiger partial charge in [0.05, 0.1) is 18.4 Å². The average Bonchev–Trinajstić information content (AvgIpc) is 3.06. The van der Waals surface area contributed by atoms with Crippen molar-refractivity contribution in [2.45, 2.75) is 32.1 Å². The molecular formula is C24H31N3O3. The summed E-state index contributed by atoms with van der Waals surface area (Å²) >= 11 is 0. The van der Waals surface area contributed by atoms with Gasteiger partial charge in [-0.3, -0.25) is 9.59 Å². The molecule has 1 saturated heterocycles. The Morgan fingerprint density at radius 2 is 1.63 bits per heavy atom. The van der Waals surface area contributed by atoms with Gasteiger partial charge in [-0.2, -0.15) is 0 Å². The van der Waals surface area contributed by atoms with Gasteiger partial charge in [-0.05, 0) is 75.3 Å². The highest BCUT2D eigenvalue weighted by Gasteiger charge is 2.14. The monoisotopic (exact) mass is 409 g/mol. The number of methoxy groups -OCH3 is 1. The number of anilines is 1. The number of hydrogen-bond acceptors (Lipinski definition) is 4. The smallest absolute Gasteiger partial charge is 0.255 e. The number of nitrogens with one attached hydrogen (secondary N) is 2. The fraction of sp³-hybridized carbons (Fsp3) is 0.417. The van der Waals surface area contributed by atoms with Crippen molar-refractivity contribution >= 4 is 17.5 Å². The number of nitrogens with zero attached hydrogens (tertiary/aromatic N) is 1. The summed E-state index contributed by atoms with van der Waals surface area (Å²) in [4.78, 5) is 27.7. The molecule has 0 aliphatic carbocycles. The normalized spacial score (nSPS) is 14.6. The Morgan fingerprint density at radius 3 is 2.33 bits per heavy atom. The molecule has 30 heavy (non-hydrogen) atoms. The summed E-state index contributed by atoms with van der Waals surface area (Å²) in [6.07, 6.45) is 6.12. The van der Waals surface area contributed by atoms with Crippen LogP contribution in [0.5, 0.6) is 5.75 Å². The van der Waals surface area contributed by atoms with Gasteiger partial charge in [0.15, 0.2) is 0 Å². The van der Waals surface area contributed by atoms with Gasteiger partial charge in [0.1, 0.15) is 5.75 Å². The average molecular weight is 410 g/mol. The fourth-order valence-electron chi connectivity index (χ4n) is 3.69. The Hall–Kier alpha value is -2.86. The van der Waals surface area contributed by atoms with E-state index in [4.69, 9.17) is 4.74 Å². The highest BCUT2D eigenvalue weighted by atomic mass is 16.5. The van der Waals surface area contributed by atoms with Gasteiger partial charge < -0.3 is 20.3 Å². The fourth-order valence-corrected chi connectivity index (χ4v) is 3.69. The number of ether oxygens (including phenoxy) is 1. The molecule has 2 amide bonds. The topological polar surface area (TPSA) is 70.7 Å². The molecule has 0 radical (unpaired) electrons. The van der Waals surface area contributed by atoms with Crippen molar-refractivity contribution in [2.75, 3.05) is 38.6 Å². The standard InChI is InChI=1S/C24H31N3O3/c1-30-20-13-11-19(12-14-20)23(28)26-22-10-5-4-9-21(22)24(29)25-15-8-18-27-16-6-2-3-7-17-27/h4-5,9-14H,2-3,6-8,15-18H2,1H3,(H,25,29)(H,26,28). The molecule has 2 aromatic carbocycles. The summed E-state index contributed by atoms with van der Waals surface area (Å²) in [6, 6.07) is 13.9. The largest absolute Gasteiger partial charge is 0.497 e. The predicted octanol–water partition coefficient (Wildman–Crippen LogP) is 3.94. The molecule has 6 nitrogen and oxygen atoms in total. The summed E-state index contributed by atoms with van der Waals surface area (Å²) < 4.78 is 5.12. The minimum atomic E-state index is -0.265. The number of hydrogen-bond donors (Lipinski definition) is 2. The lowest BCUT2D eigenvalue weighted by atomic mass is 10.1. The van der Waals surface area contributed by atoms with Crippen LogP contribution in [0.25, 0.3) is 0 Å². The van der Waals surface area contributed by atoms with E-state index in [1.54, 1.807) is 55.6 Å². The Bertz CT molecular complexity index is 828. The quantitative estimate of drug-likeness (QED) is 0.648. The Labute approximate surface area is 178 Å². The van der Waals surface area contributed by atoms with E-state index in [0.29, 0.717) is 29.1 Å². The van der Waals surface area contributed by atoms with Gasteiger partial charge in [0.25, 0.3) is 11.8 Å². The van der Waals surface area contributed by atoms with Gasteiger partial charge >= 0.3 is 0 Å². The van der Waals surface area contributed by atoms with E-state index in [1.807, 2.05) is 0 Å². The Morgan fingerprint density at radius 1 is 0.933 bits per heavy atom. The van der Waals surface area contributed by atoms with E-state index < -0.39 is 0 Å². The van der Waals surface area contributed by atoms with Gasteiger partial charge in [0, 0.05) is 12.1 Å². The molecule has 0 saturated carbocycles. The summed E-state index contributed by atoms with van der Waals surface area (Å²) in [7, 11) is 1.58. The van der Waals surface area contributed by atoms with Gasteiger partial charge in [0.2, 0.25) is 0 Å². The first-order valence-electron chi connectivity index (χ1n) is 10.7. The highest BCUT2D eigenvalue weighted by molar-refractivity contribution is 6.09. The van der Waals surface area contributed by atoms with E-state index in [-0.39, 0.29) is 11.8 Å².